The minimum atomic E-state index is -4.59. The van der Waals surface area contributed by atoms with Gasteiger partial charge in [-0.05, 0) is 55.2 Å². The molecular weight excluding hydrogens is 425 g/mol. The number of carbonyl (C=O) groups is 3. The van der Waals surface area contributed by atoms with Crippen LogP contribution in [0.2, 0.25) is 0 Å². The van der Waals surface area contributed by atoms with Crippen LogP contribution in [0.1, 0.15) is 28.8 Å². The number of carbonyl (C=O) groups excluding carboxylic acids is 3. The quantitative estimate of drug-likeness (QED) is 0.696. The summed E-state index contributed by atoms with van der Waals surface area (Å²) < 4.78 is 44.7. The molecule has 5 atom stereocenters. The van der Waals surface area contributed by atoms with Gasteiger partial charge in [-0.15, -0.1) is 0 Å². The van der Waals surface area contributed by atoms with Crippen molar-refractivity contribution in [2.75, 3.05) is 10.6 Å². The number of nitrogens with one attached hydrogen (secondary N) is 2. The van der Waals surface area contributed by atoms with Gasteiger partial charge in [-0.2, -0.15) is 13.2 Å². The number of hydrogen-bond acceptors (Lipinski definition) is 4. The molecule has 5 rings (SSSR count). The van der Waals surface area contributed by atoms with Gasteiger partial charge in [0.1, 0.15) is 6.10 Å². The molecule has 2 N–H and O–H groups in total. The number of hydrogen-bond donors (Lipinski definition) is 2. The van der Waals surface area contributed by atoms with E-state index in [2.05, 4.69) is 10.6 Å². The zero-order chi connectivity index (χ0) is 22.6. The van der Waals surface area contributed by atoms with Crippen molar-refractivity contribution in [1.82, 2.24) is 0 Å². The fraction of sp³-hybridized carbons (Fsp3) is 0.348. The number of anilines is 2. The lowest BCUT2D eigenvalue weighted by Gasteiger charge is -2.23. The molecule has 3 fully saturated rings. The number of amides is 2. The second-order valence-electron chi connectivity index (χ2n) is 8.49. The monoisotopic (exact) mass is 444 g/mol. The molecule has 1 heterocycles. The molecular formula is C23H19F3N2O4. The first-order valence-electron chi connectivity index (χ1n) is 10.3. The summed E-state index contributed by atoms with van der Waals surface area (Å²) in [5.41, 5.74) is -0.689. The highest BCUT2D eigenvalue weighted by Gasteiger charge is 2.63. The smallest absolute Gasteiger partial charge is 0.418 e. The van der Waals surface area contributed by atoms with Crippen molar-refractivity contribution < 1.29 is 32.3 Å². The number of rotatable bonds is 4. The van der Waals surface area contributed by atoms with Gasteiger partial charge in [-0.25, -0.2) is 0 Å². The molecule has 2 aliphatic carbocycles. The molecule has 0 spiro atoms. The van der Waals surface area contributed by atoms with Crippen LogP contribution in [0.15, 0.2) is 48.5 Å². The normalized spacial score (nSPS) is 27.8. The number of fused-ring (bicyclic) bond motifs is 1. The van der Waals surface area contributed by atoms with Gasteiger partial charge in [0, 0.05) is 17.2 Å². The Hall–Kier alpha value is -3.36. The summed E-state index contributed by atoms with van der Waals surface area (Å²) in [4.78, 5) is 37.4. The Kier molecular flexibility index (Phi) is 4.72. The lowest BCUT2D eigenvalue weighted by Crippen LogP contribution is -2.35. The van der Waals surface area contributed by atoms with Gasteiger partial charge in [-0.1, -0.05) is 12.1 Å². The van der Waals surface area contributed by atoms with Crippen molar-refractivity contribution in [3.8, 4) is 0 Å². The van der Waals surface area contributed by atoms with E-state index in [4.69, 9.17) is 4.74 Å². The second kappa shape index (κ2) is 7.36. The minimum absolute atomic E-state index is 0.0539. The van der Waals surface area contributed by atoms with Gasteiger partial charge in [0.05, 0.1) is 23.1 Å². The molecule has 1 aliphatic heterocycles. The highest BCUT2D eigenvalue weighted by Crippen LogP contribution is 2.57. The first kappa shape index (κ1) is 20.5. The largest absolute Gasteiger partial charge is 0.462 e. The summed E-state index contributed by atoms with van der Waals surface area (Å²) in [6.45, 7) is 0. The highest BCUT2D eigenvalue weighted by atomic mass is 19.4. The maximum atomic E-state index is 13.1. The molecule has 2 bridgehead atoms. The summed E-state index contributed by atoms with van der Waals surface area (Å²) in [5.74, 6) is -1.82. The Labute approximate surface area is 181 Å². The van der Waals surface area contributed by atoms with E-state index in [9.17, 15) is 27.6 Å². The molecule has 32 heavy (non-hydrogen) atoms. The van der Waals surface area contributed by atoms with Crippen LogP contribution in [0, 0.1) is 23.7 Å². The predicted octanol–water partition coefficient (Wildman–Crippen LogP) is 4.09. The SMILES string of the molecule is O=C(Nc1ccccc1C(F)(F)F)c1ccc(NC(=O)[C@@H]2[C@@H]3C[C@@H]4[C@@H]2C(=O)O[C@@H]4C3)cc1. The molecule has 2 saturated carbocycles. The van der Waals surface area contributed by atoms with Gasteiger partial charge < -0.3 is 15.4 Å². The van der Waals surface area contributed by atoms with Crippen LogP contribution >= 0.6 is 0 Å². The van der Waals surface area contributed by atoms with E-state index in [1.165, 1.54) is 42.5 Å². The van der Waals surface area contributed by atoms with Crippen molar-refractivity contribution in [2.24, 2.45) is 23.7 Å². The molecule has 9 heteroatoms. The van der Waals surface area contributed by atoms with Crippen LogP contribution in [0.4, 0.5) is 24.5 Å². The van der Waals surface area contributed by atoms with Crippen LogP contribution < -0.4 is 10.6 Å². The van der Waals surface area contributed by atoms with Crippen LogP contribution in [0.25, 0.3) is 0 Å². The van der Waals surface area contributed by atoms with E-state index >= 15 is 0 Å². The number of benzene rings is 2. The zero-order valence-electron chi connectivity index (χ0n) is 16.7. The molecule has 2 aromatic carbocycles. The third-order valence-electron chi connectivity index (χ3n) is 6.68. The van der Waals surface area contributed by atoms with E-state index in [0.717, 1.165) is 12.5 Å². The molecule has 166 valence electrons. The third kappa shape index (κ3) is 3.41. The molecule has 1 saturated heterocycles. The van der Waals surface area contributed by atoms with E-state index in [-0.39, 0.29) is 41.1 Å². The van der Waals surface area contributed by atoms with E-state index < -0.39 is 29.5 Å². The lowest BCUT2D eigenvalue weighted by atomic mass is 9.79. The number of halogens is 3. The minimum Gasteiger partial charge on any atom is -0.462 e. The van der Waals surface area contributed by atoms with Crippen LogP contribution in [0.5, 0.6) is 0 Å². The van der Waals surface area contributed by atoms with Crippen LogP contribution in [-0.2, 0) is 20.5 Å². The van der Waals surface area contributed by atoms with E-state index in [1.54, 1.807) is 0 Å². The Morgan fingerprint density at radius 2 is 1.69 bits per heavy atom. The predicted molar refractivity (Wildman–Crippen MR) is 108 cm³/mol. The maximum Gasteiger partial charge on any atom is 0.418 e. The van der Waals surface area contributed by atoms with Crippen LogP contribution in [-0.4, -0.2) is 23.9 Å². The van der Waals surface area contributed by atoms with Crippen molar-refractivity contribution in [3.63, 3.8) is 0 Å². The topological polar surface area (TPSA) is 84.5 Å². The van der Waals surface area contributed by atoms with Gasteiger partial charge in [-0.3, -0.25) is 14.4 Å². The van der Waals surface area contributed by atoms with Crippen molar-refractivity contribution in [2.45, 2.75) is 25.1 Å². The van der Waals surface area contributed by atoms with Gasteiger partial charge in [0.25, 0.3) is 5.91 Å². The Balaban J connectivity index is 1.26. The van der Waals surface area contributed by atoms with Crippen molar-refractivity contribution >= 4 is 29.2 Å². The van der Waals surface area contributed by atoms with E-state index in [1.807, 2.05) is 0 Å². The number of ether oxygens (including phenoxy) is 1. The Morgan fingerprint density at radius 3 is 2.41 bits per heavy atom. The average Bonchev–Trinajstić information content (AvgIpc) is 3.36. The molecule has 2 aromatic rings. The standard InChI is InChI=1S/C23H19F3N2O4/c24-23(25,26)15-3-1-2-4-16(15)28-20(29)11-5-7-13(8-6-11)27-21(30)18-12-9-14-17(10-12)32-22(31)19(14)18/h1-8,12,14,17-19H,9-10H2,(H,27,30)(H,28,29)/t12-,14+,17-,18-,19+/m1/s1. The molecule has 6 nitrogen and oxygen atoms in total. The molecule has 0 unspecified atom stereocenters. The fourth-order valence-corrected chi connectivity index (χ4v) is 5.33. The fourth-order valence-electron chi connectivity index (χ4n) is 5.33. The first-order valence-corrected chi connectivity index (χ1v) is 10.3. The molecule has 3 aliphatic rings. The van der Waals surface area contributed by atoms with E-state index in [0.29, 0.717) is 12.1 Å². The summed E-state index contributed by atoms with van der Waals surface area (Å²) in [7, 11) is 0. The average molecular weight is 444 g/mol. The Bertz CT molecular complexity index is 1100. The maximum absolute atomic E-state index is 13.1. The highest BCUT2D eigenvalue weighted by molar-refractivity contribution is 6.05. The first-order chi connectivity index (χ1) is 15.2. The van der Waals surface area contributed by atoms with Crippen LogP contribution in [0.3, 0.4) is 0 Å². The van der Waals surface area contributed by atoms with Gasteiger partial charge in [0.2, 0.25) is 5.91 Å². The van der Waals surface area contributed by atoms with Crippen molar-refractivity contribution in [3.05, 3.63) is 59.7 Å². The lowest BCUT2D eigenvalue weighted by molar-refractivity contribution is -0.145. The number of esters is 1. The zero-order valence-corrected chi connectivity index (χ0v) is 16.7. The van der Waals surface area contributed by atoms with Gasteiger partial charge in [0.15, 0.2) is 0 Å². The molecule has 0 radical (unpaired) electrons. The van der Waals surface area contributed by atoms with Crippen molar-refractivity contribution in [1.29, 1.82) is 0 Å². The molecule has 0 aromatic heterocycles. The summed E-state index contributed by atoms with van der Waals surface area (Å²) >= 11 is 0. The summed E-state index contributed by atoms with van der Waals surface area (Å²) in [5, 5.41) is 5.07. The number of para-hydroxylation sites is 1. The third-order valence-corrected chi connectivity index (χ3v) is 6.68. The number of alkyl halides is 3. The summed E-state index contributed by atoms with van der Waals surface area (Å²) in [6, 6.07) is 10.6. The Morgan fingerprint density at radius 1 is 0.969 bits per heavy atom. The summed E-state index contributed by atoms with van der Waals surface area (Å²) in [6.07, 6.45) is -3.12. The second-order valence-corrected chi connectivity index (χ2v) is 8.49. The molecule has 2 amide bonds. The van der Waals surface area contributed by atoms with Gasteiger partial charge >= 0.3 is 12.1 Å².